The molecule has 5 heterocycles. The molecule has 0 radical (unpaired) electrons. The van der Waals surface area contributed by atoms with Crippen molar-refractivity contribution in [2.75, 3.05) is 44.7 Å². The van der Waals surface area contributed by atoms with Crippen molar-refractivity contribution in [3.63, 3.8) is 0 Å². The highest BCUT2D eigenvalue weighted by Gasteiger charge is 2.28. The van der Waals surface area contributed by atoms with Gasteiger partial charge in [-0.1, -0.05) is 104 Å². The summed E-state index contributed by atoms with van der Waals surface area (Å²) in [6.45, 7) is 9.22. The summed E-state index contributed by atoms with van der Waals surface area (Å²) >= 11 is 35.6. The first-order chi connectivity index (χ1) is 54.0. The molecular weight excluding hydrogens is 2190 g/mol. The second-order valence-corrected chi connectivity index (χ2v) is 34.2. The van der Waals surface area contributed by atoms with E-state index in [1.54, 1.807) is 30.7 Å². The Labute approximate surface area is 766 Å². The smallest absolute Gasteiger partial charge is 0.367 e. The number of likely N-dealkylation sites (tertiary alicyclic amines) is 1. The van der Waals surface area contributed by atoms with E-state index in [0.717, 1.165) is 67.0 Å². The molecule has 630 valence electrons. The lowest BCUT2D eigenvalue weighted by atomic mass is 9.90. The number of rotatable bonds is 15. The summed E-state index contributed by atoms with van der Waals surface area (Å²) in [5.41, 5.74) is 10.5. The number of nitrogens with one attached hydrogen (secondary N) is 1. The quantitative estimate of drug-likeness (QED) is 0.0196. The number of ether oxygens (including phenoxy) is 2. The minimum atomic E-state index is -1.12. The van der Waals surface area contributed by atoms with E-state index < -0.39 is 17.9 Å². The van der Waals surface area contributed by atoms with Crippen LogP contribution < -0.4 is 11.1 Å². The number of hydrogen-bond donors (Lipinski definition) is 13. The van der Waals surface area contributed by atoms with Gasteiger partial charge in [0.2, 0.25) is 10.0 Å². The monoisotopic (exact) mass is 2260 g/mol. The number of carboxylic acids is 1. The Hall–Kier alpha value is -7.25. The molecule has 0 saturated carbocycles. The lowest BCUT2D eigenvalue weighted by Gasteiger charge is -2.31. The molecule has 7 aromatic carbocycles. The summed E-state index contributed by atoms with van der Waals surface area (Å²) in [5.74, 6) is -2.67. The van der Waals surface area contributed by atoms with Crippen LogP contribution >= 0.6 is 190 Å². The van der Waals surface area contributed by atoms with E-state index in [2.05, 4.69) is 235 Å². The number of carbonyl (C=O) groups excluding carboxylic acids is 5. The summed E-state index contributed by atoms with van der Waals surface area (Å²) in [4.78, 5) is 81.7. The molecule has 2 aliphatic rings. The fraction of sp³-hybridized carbons (Fsp3) is 0.256. The average molecular weight is 2270 g/mol. The van der Waals surface area contributed by atoms with Crippen LogP contribution in [-0.2, 0) is 27.1 Å². The molecule has 39 heteroatoms. The summed E-state index contributed by atoms with van der Waals surface area (Å²) in [6.07, 6.45) is 6.97. The maximum Gasteiger partial charge on any atom is 0.367 e. The molecule has 2 fully saturated rings. The zero-order valence-corrected chi connectivity index (χ0v) is 77.9. The Morgan fingerprint density at radius 2 is 0.906 bits per heavy atom. The first-order valence-electron chi connectivity index (χ1n) is 33.6. The van der Waals surface area contributed by atoms with Gasteiger partial charge in [-0.2, -0.15) is 0 Å². The Balaban J connectivity index is 0.000000365. The average Bonchev–Trinajstić information content (AvgIpc) is 1.65. The number of piperidine rings is 2. The maximum atomic E-state index is 12.9. The molecule has 14 N–H and O–H groups in total. The van der Waals surface area contributed by atoms with Gasteiger partial charge in [0, 0.05) is 52.0 Å². The van der Waals surface area contributed by atoms with Crippen LogP contribution in [0.5, 0.6) is 57.5 Å². The third kappa shape index (κ3) is 30.1. The number of nitrogens with two attached hydrogens (primary N) is 1. The van der Waals surface area contributed by atoms with E-state index in [1.807, 2.05) is 11.0 Å². The third-order valence-corrected chi connectivity index (χ3v) is 24.8. The number of esters is 2. The molecule has 25 nitrogen and oxygen atoms in total. The van der Waals surface area contributed by atoms with Crippen LogP contribution in [0.4, 0.5) is 4.70 Å². The molecule has 1 amide bonds. The van der Waals surface area contributed by atoms with Crippen molar-refractivity contribution in [3.8, 4) is 91.3 Å². The molecule has 2 saturated heterocycles. The molecule has 12 rings (SSSR count). The number of aromatic carboxylic acids is 1. The number of nitrogens with zero attached hydrogens (tertiary/aromatic N) is 4. The summed E-state index contributed by atoms with van der Waals surface area (Å²) in [6, 6.07) is 31.1. The van der Waals surface area contributed by atoms with Crippen molar-refractivity contribution >= 4 is 230 Å². The number of amides is 1. The Kier molecular flexibility index (Phi) is 45.1. The molecule has 0 atom stereocenters. The molecule has 0 unspecified atom stereocenters. The summed E-state index contributed by atoms with van der Waals surface area (Å²) in [7, 11) is 0. The van der Waals surface area contributed by atoms with Gasteiger partial charge in [-0.05, 0) is 259 Å². The Morgan fingerprint density at radius 3 is 1.28 bits per heavy atom. The van der Waals surface area contributed by atoms with Crippen LogP contribution in [0.25, 0.3) is 33.8 Å². The van der Waals surface area contributed by atoms with Crippen LogP contribution in [0.3, 0.4) is 0 Å². The lowest BCUT2D eigenvalue weighted by Crippen LogP contribution is -2.38. The Morgan fingerprint density at radius 1 is 0.521 bits per heavy atom. The topological polar surface area (TPSA) is 423 Å². The number of aromatic hydroxyl groups is 10. The van der Waals surface area contributed by atoms with Crippen molar-refractivity contribution < 1.29 is 99.1 Å². The van der Waals surface area contributed by atoms with Crippen LogP contribution in [0.2, 0.25) is 0 Å². The van der Waals surface area contributed by atoms with Crippen molar-refractivity contribution in [1.82, 2.24) is 25.2 Å². The summed E-state index contributed by atoms with van der Waals surface area (Å²) < 4.78 is 11.4. The second-order valence-electron chi connectivity index (χ2n) is 24.0. The minimum Gasteiger partial charge on any atom is -0.508 e. The van der Waals surface area contributed by atoms with Gasteiger partial charge in [-0.15, -0.1) is 34.0 Å². The third-order valence-electron chi connectivity index (χ3n) is 16.2. The van der Waals surface area contributed by atoms with E-state index >= 15 is 0 Å². The molecule has 10 aromatic rings. The number of thiazole rings is 3. The summed E-state index contributed by atoms with van der Waals surface area (Å²) in [5, 5.41) is 114. The van der Waals surface area contributed by atoms with Crippen LogP contribution in [-0.4, -0.2) is 161 Å². The molecule has 0 aliphatic carbocycles. The van der Waals surface area contributed by atoms with E-state index in [9.17, 15) is 69.6 Å². The van der Waals surface area contributed by atoms with Crippen LogP contribution in [0.1, 0.15) is 123 Å². The highest BCUT2D eigenvalue weighted by molar-refractivity contribution is 9.12. The first-order valence-corrected chi connectivity index (χ1v) is 44.1. The highest BCUT2D eigenvalue weighted by atomic mass is 79.9. The fourth-order valence-electron chi connectivity index (χ4n) is 10.4. The predicted octanol–water partition coefficient (Wildman–Crippen LogP) is 21.2. The highest BCUT2D eigenvalue weighted by Crippen LogP contribution is 2.49. The number of carbonyl (C=O) groups is 6. The number of hydrogen-bond acceptors (Lipinski definition) is 26. The Bertz CT molecular complexity index is 5060. The number of thiocarbonyl (C=S) groups is 1. The number of alkyl halides is 1. The normalized spacial score (nSPS) is 12.0. The van der Waals surface area contributed by atoms with Crippen LogP contribution in [0, 0.1) is 11.8 Å². The number of benzene rings is 7. The number of Topliss-reactive ketones (excluding diaryl/α,β-unsaturated/α-hetero) is 2. The largest absolute Gasteiger partial charge is 0.508 e. The van der Waals surface area contributed by atoms with Crippen molar-refractivity contribution in [3.05, 3.63) is 192 Å². The van der Waals surface area contributed by atoms with Gasteiger partial charge < -0.3 is 81.6 Å². The van der Waals surface area contributed by atoms with Crippen molar-refractivity contribution in [2.45, 2.75) is 74.1 Å². The number of ketones is 2. The molecule has 2 aliphatic heterocycles. The van der Waals surface area contributed by atoms with Crippen molar-refractivity contribution in [1.29, 1.82) is 0 Å². The van der Waals surface area contributed by atoms with E-state index in [-0.39, 0.29) is 150 Å². The number of phenolic OH excluding ortho intramolecular Hbond substituents is 10. The van der Waals surface area contributed by atoms with E-state index in [4.69, 9.17) is 25.8 Å². The number of phenols is 10. The van der Waals surface area contributed by atoms with Crippen LogP contribution in [0.15, 0.2) is 155 Å². The minimum absolute atomic E-state index is 0. The van der Waals surface area contributed by atoms with Gasteiger partial charge in [0.25, 0.3) is 5.91 Å². The van der Waals surface area contributed by atoms with Gasteiger partial charge in [-0.25, -0.2) is 29.3 Å². The van der Waals surface area contributed by atoms with E-state index in [0.29, 0.717) is 69.2 Å². The second kappa shape index (κ2) is 50.7. The molecule has 117 heavy (non-hydrogen) atoms. The molecular formula is C78H80Br9FN6O19S4. The lowest BCUT2D eigenvalue weighted by molar-refractivity contribution is -0.134. The standard InChI is InChI=1S/C22H20Br2N2O3S.C12H9Br2NO4S.C12H17N.C10H5Br2NO4S.C8H5Br3O3.C8H8O3.C4H7NO2S.2CH4.FH/c23-16-11-15(19(27)18(24)20(16)28)17-12-30-21(25-17)22(29)26-8-6-14(7-9-26)10-13-4-2-1-3-5-13;1-2-19-12(18)11-15-7(4-20-11)5-3-6(13)10(17)8(14)9(5)16;1-2-4-11(5-3-1)10-12-6-8-13-9-7-12;11-4-1-3(7(14)6(12)8(4)15)5-2-18-9(13-5)10(16)17;9-2-5(12)3-1-4(10)8(14)6(11)7(3)13;1-5(9)7-3-2-6(10)4-8(7)11;1-2-7-4(6)3(5)8;;;/h1-5,11-12,14,27-28H,6-10H2;3-4,16-17H,2H2,1H3;1-5,12-13H,6-10H2;1-2,14-15H,(H,16,17);1,13-14H,2H2;2-4,10-11H,1H3;2H2,1H3,(H2,5,8);2*1H4;1H. The maximum absolute atomic E-state index is 12.9. The molecule has 0 spiro atoms. The zero-order chi connectivity index (χ0) is 84.4. The number of carboxylic acid groups (broad SMARTS) is 1. The fourth-order valence-corrected chi connectivity index (χ4v) is 17.4. The first kappa shape index (κ1) is 104. The number of aromatic nitrogens is 3. The molecule has 3 aromatic heterocycles. The van der Waals surface area contributed by atoms with Gasteiger partial charge in [0.1, 0.15) is 75.4 Å². The number of halogens is 10. The molecule has 0 bridgehead atoms. The van der Waals surface area contributed by atoms with Crippen molar-refractivity contribution in [2.24, 2.45) is 17.6 Å². The zero-order valence-electron chi connectivity index (χ0n) is 60.4. The van der Waals surface area contributed by atoms with Gasteiger partial charge >= 0.3 is 17.9 Å². The van der Waals surface area contributed by atoms with Gasteiger partial charge in [-0.3, -0.25) is 19.1 Å². The van der Waals surface area contributed by atoms with E-state index in [1.165, 1.54) is 97.5 Å². The van der Waals surface area contributed by atoms with Gasteiger partial charge in [0.15, 0.2) is 21.6 Å². The predicted molar refractivity (Wildman–Crippen MR) is 489 cm³/mol. The SMILES string of the molecule is C.C.CC(=O)c1ccc(O)cc1O.CCOC(=O)C(N)=S.CCOC(=O)c1nc(-c2cc(Br)c(O)c(Br)c2O)cs1.F.O=C(CBr)c1cc(Br)c(O)c(Br)c1O.O=C(O)c1nc(-c2cc(Br)c(O)c(Br)c2O)cs1.O=C(c1nc(-c2cc(Br)c(O)c(Br)c2O)cs1)N1CCC(Cc2ccccc2)CC1.c1ccc(CC2CCNCC2)cc1. The van der Waals surface area contributed by atoms with Gasteiger partial charge in [0.05, 0.1) is 64.6 Å².